The van der Waals surface area contributed by atoms with Gasteiger partial charge in [0.1, 0.15) is 11.8 Å². The van der Waals surface area contributed by atoms with Gasteiger partial charge in [0.15, 0.2) is 11.5 Å². The Hall–Kier alpha value is -2.94. The van der Waals surface area contributed by atoms with E-state index in [1.807, 2.05) is 25.1 Å². The van der Waals surface area contributed by atoms with E-state index < -0.39 is 22.0 Å². The summed E-state index contributed by atoms with van der Waals surface area (Å²) in [6.07, 6.45) is 1.05. The molecule has 0 aliphatic carbocycles. The fraction of sp³-hybridized carbons (Fsp3) is 0.381. The maximum absolute atomic E-state index is 13.0. The Balaban J connectivity index is 2.33. The van der Waals surface area contributed by atoms with Crippen molar-refractivity contribution in [2.75, 3.05) is 31.9 Å². The number of benzene rings is 2. The van der Waals surface area contributed by atoms with Crippen LogP contribution >= 0.6 is 0 Å². The Morgan fingerprint density at radius 1 is 0.933 bits per heavy atom. The molecule has 2 rings (SSSR count). The fourth-order valence-electron chi connectivity index (χ4n) is 3.21. The molecule has 2 aromatic rings. The molecule has 0 saturated carbocycles. The largest absolute Gasteiger partial charge is 0.496 e. The zero-order valence-electron chi connectivity index (χ0n) is 18.0. The maximum atomic E-state index is 13.0. The first-order valence-electron chi connectivity index (χ1n) is 9.28. The van der Waals surface area contributed by atoms with Gasteiger partial charge >= 0.3 is 0 Å². The monoisotopic (exact) mass is 436 g/mol. The highest BCUT2D eigenvalue weighted by molar-refractivity contribution is 7.92. The fourth-order valence-corrected chi connectivity index (χ4v) is 4.37. The summed E-state index contributed by atoms with van der Waals surface area (Å²) in [6, 6.07) is 10.6. The molecule has 8 nitrogen and oxygen atoms in total. The topological polar surface area (TPSA) is 94.2 Å². The molecule has 0 aromatic heterocycles. The molecule has 2 atom stereocenters. The third-order valence-corrected chi connectivity index (χ3v) is 5.92. The van der Waals surface area contributed by atoms with Crippen molar-refractivity contribution in [1.29, 1.82) is 0 Å². The summed E-state index contributed by atoms with van der Waals surface area (Å²) in [5, 5.41) is 2.86. The standard InChI is InChI=1S/C21H28N2O6S/c1-14(17-9-7-8-10-18(17)27-3)22-21(24)15(2)23(30(6,25)26)16-11-12-19(28-4)20(13-16)29-5/h7-15H,1-6H3,(H,22,24)/t14-,15-/m1/s1. The predicted octanol–water partition coefficient (Wildman–Crippen LogP) is 2.74. The van der Waals surface area contributed by atoms with Gasteiger partial charge in [-0.15, -0.1) is 0 Å². The minimum absolute atomic E-state index is 0.294. The van der Waals surface area contributed by atoms with Crippen molar-refractivity contribution in [3.63, 3.8) is 0 Å². The number of para-hydroxylation sites is 1. The third kappa shape index (κ3) is 5.15. The number of carbonyl (C=O) groups excluding carboxylic acids is 1. The van der Waals surface area contributed by atoms with E-state index in [4.69, 9.17) is 14.2 Å². The summed E-state index contributed by atoms with van der Waals surface area (Å²) in [4.78, 5) is 13.0. The first kappa shape index (κ1) is 23.3. The van der Waals surface area contributed by atoms with Gasteiger partial charge in [-0.1, -0.05) is 18.2 Å². The SMILES string of the molecule is COc1ccc(N([C@H](C)C(=O)N[C@H](C)c2ccccc2OC)S(C)(=O)=O)cc1OC. The van der Waals surface area contributed by atoms with E-state index in [1.54, 1.807) is 25.3 Å². The van der Waals surface area contributed by atoms with Gasteiger partial charge in [0, 0.05) is 11.6 Å². The molecule has 1 amide bonds. The van der Waals surface area contributed by atoms with Gasteiger partial charge < -0.3 is 19.5 Å². The Bertz CT molecular complexity index is 993. The van der Waals surface area contributed by atoms with E-state index in [9.17, 15) is 13.2 Å². The first-order chi connectivity index (χ1) is 14.1. The molecule has 0 saturated heterocycles. The minimum Gasteiger partial charge on any atom is -0.496 e. The molecule has 0 aliphatic heterocycles. The lowest BCUT2D eigenvalue weighted by Crippen LogP contribution is -2.48. The van der Waals surface area contributed by atoms with Crippen LogP contribution in [0.5, 0.6) is 17.2 Å². The van der Waals surface area contributed by atoms with Gasteiger partial charge in [-0.25, -0.2) is 8.42 Å². The number of rotatable bonds is 9. The molecule has 0 bridgehead atoms. The summed E-state index contributed by atoms with van der Waals surface area (Å²) in [7, 11) is 0.729. The highest BCUT2D eigenvalue weighted by atomic mass is 32.2. The van der Waals surface area contributed by atoms with Crippen molar-refractivity contribution >= 4 is 21.6 Å². The molecule has 30 heavy (non-hydrogen) atoms. The van der Waals surface area contributed by atoms with Crippen molar-refractivity contribution in [2.45, 2.75) is 25.9 Å². The van der Waals surface area contributed by atoms with Gasteiger partial charge in [0.25, 0.3) is 0 Å². The molecule has 0 radical (unpaired) electrons. The van der Waals surface area contributed by atoms with E-state index in [0.717, 1.165) is 16.1 Å². The van der Waals surface area contributed by atoms with Crippen LogP contribution in [0, 0.1) is 0 Å². The molecule has 0 heterocycles. The average Bonchev–Trinajstić information content (AvgIpc) is 2.72. The van der Waals surface area contributed by atoms with E-state index in [1.165, 1.54) is 27.2 Å². The number of anilines is 1. The average molecular weight is 437 g/mol. The van der Waals surface area contributed by atoms with Crippen LogP contribution in [-0.4, -0.2) is 48.0 Å². The van der Waals surface area contributed by atoms with Gasteiger partial charge in [0.05, 0.1) is 39.3 Å². The van der Waals surface area contributed by atoms with Gasteiger partial charge in [-0.2, -0.15) is 0 Å². The Labute approximate surface area is 177 Å². The number of nitrogens with zero attached hydrogens (tertiary/aromatic N) is 1. The number of sulfonamides is 1. The van der Waals surface area contributed by atoms with Crippen LogP contribution in [0.15, 0.2) is 42.5 Å². The van der Waals surface area contributed by atoms with Crippen LogP contribution < -0.4 is 23.8 Å². The summed E-state index contributed by atoms with van der Waals surface area (Å²) < 4.78 is 42.0. The molecule has 0 unspecified atom stereocenters. The third-order valence-electron chi connectivity index (χ3n) is 4.67. The van der Waals surface area contributed by atoms with Gasteiger partial charge in [-0.05, 0) is 32.0 Å². The van der Waals surface area contributed by atoms with E-state index in [0.29, 0.717) is 22.9 Å². The van der Waals surface area contributed by atoms with E-state index in [2.05, 4.69) is 5.32 Å². The molecule has 2 aromatic carbocycles. The second-order valence-electron chi connectivity index (χ2n) is 6.75. The summed E-state index contributed by atoms with van der Waals surface area (Å²) >= 11 is 0. The zero-order chi connectivity index (χ0) is 22.5. The lowest BCUT2D eigenvalue weighted by Gasteiger charge is -2.30. The number of hydrogen-bond donors (Lipinski definition) is 1. The van der Waals surface area contributed by atoms with Crippen molar-refractivity contribution < 1.29 is 27.4 Å². The number of carbonyl (C=O) groups is 1. The van der Waals surface area contributed by atoms with Gasteiger partial charge in [0.2, 0.25) is 15.9 Å². The molecule has 9 heteroatoms. The minimum atomic E-state index is -3.77. The molecular weight excluding hydrogens is 408 g/mol. The summed E-state index contributed by atoms with van der Waals surface area (Å²) in [5.74, 6) is 1.00. The number of amides is 1. The maximum Gasteiger partial charge on any atom is 0.244 e. The normalized spacial score (nSPS) is 13.1. The Kier molecular flexibility index (Phi) is 7.55. The number of nitrogens with one attached hydrogen (secondary N) is 1. The first-order valence-corrected chi connectivity index (χ1v) is 11.1. The smallest absolute Gasteiger partial charge is 0.244 e. The molecule has 0 fully saturated rings. The number of methoxy groups -OCH3 is 3. The lowest BCUT2D eigenvalue weighted by molar-refractivity contribution is -0.122. The van der Waals surface area contributed by atoms with Crippen LogP contribution in [0.25, 0.3) is 0 Å². The number of ether oxygens (including phenoxy) is 3. The van der Waals surface area contributed by atoms with Crippen molar-refractivity contribution in [3.8, 4) is 17.2 Å². The quantitative estimate of drug-likeness (QED) is 0.650. The summed E-state index contributed by atoms with van der Waals surface area (Å²) in [5.41, 5.74) is 1.08. The van der Waals surface area contributed by atoms with Crippen molar-refractivity contribution in [1.82, 2.24) is 5.32 Å². The van der Waals surface area contributed by atoms with Crippen LogP contribution in [0.1, 0.15) is 25.5 Å². The Morgan fingerprint density at radius 3 is 2.10 bits per heavy atom. The highest BCUT2D eigenvalue weighted by Gasteiger charge is 2.31. The van der Waals surface area contributed by atoms with Crippen LogP contribution in [-0.2, 0) is 14.8 Å². The summed E-state index contributed by atoms with van der Waals surface area (Å²) in [6.45, 7) is 3.34. The van der Waals surface area contributed by atoms with Crippen LogP contribution in [0.4, 0.5) is 5.69 Å². The second-order valence-corrected chi connectivity index (χ2v) is 8.61. The van der Waals surface area contributed by atoms with Crippen molar-refractivity contribution in [2.24, 2.45) is 0 Å². The Morgan fingerprint density at radius 2 is 1.53 bits per heavy atom. The van der Waals surface area contributed by atoms with E-state index in [-0.39, 0.29) is 6.04 Å². The van der Waals surface area contributed by atoms with Gasteiger partial charge in [-0.3, -0.25) is 9.10 Å². The second kappa shape index (κ2) is 9.71. The molecule has 164 valence electrons. The van der Waals surface area contributed by atoms with Crippen LogP contribution in [0.2, 0.25) is 0 Å². The van der Waals surface area contributed by atoms with Crippen molar-refractivity contribution in [3.05, 3.63) is 48.0 Å². The lowest BCUT2D eigenvalue weighted by atomic mass is 10.1. The molecular formula is C21H28N2O6S. The van der Waals surface area contributed by atoms with E-state index >= 15 is 0 Å². The molecule has 0 aliphatic rings. The predicted molar refractivity (Wildman–Crippen MR) is 116 cm³/mol. The highest BCUT2D eigenvalue weighted by Crippen LogP contribution is 2.33. The molecule has 1 N–H and O–H groups in total. The van der Waals surface area contributed by atoms with Crippen LogP contribution in [0.3, 0.4) is 0 Å². The molecule has 0 spiro atoms. The number of hydrogen-bond acceptors (Lipinski definition) is 6. The zero-order valence-corrected chi connectivity index (χ0v) is 18.8.